The van der Waals surface area contributed by atoms with Crippen molar-refractivity contribution in [3.63, 3.8) is 0 Å². The molecule has 0 saturated carbocycles. The van der Waals surface area contributed by atoms with Gasteiger partial charge in [-0.3, -0.25) is 4.90 Å². The fourth-order valence-electron chi connectivity index (χ4n) is 3.66. The standard InChI is InChI=1S/C19H20F3N5O/c1-11(2)24-18(28)27-14-6-7-26(10-14)15-9-23-16(25-17(15)27)12-4-3-5-13(8-12)19(20,21)22/h3-5,8-9,11,14H,6-7,10H2,1-2H3,(H,24,28)/t14-/m0/s1. The lowest BCUT2D eigenvalue weighted by molar-refractivity contribution is -0.137. The fourth-order valence-corrected chi connectivity index (χ4v) is 3.66. The van der Waals surface area contributed by atoms with Gasteiger partial charge in [0.2, 0.25) is 0 Å². The zero-order valence-electron chi connectivity index (χ0n) is 15.5. The molecule has 0 aliphatic carbocycles. The summed E-state index contributed by atoms with van der Waals surface area (Å²) < 4.78 is 39.1. The number of hydrogen-bond donors (Lipinski definition) is 1. The van der Waals surface area contributed by atoms with Crippen molar-refractivity contribution in [2.24, 2.45) is 0 Å². The maximum absolute atomic E-state index is 13.0. The van der Waals surface area contributed by atoms with Gasteiger partial charge in [0, 0.05) is 24.7 Å². The van der Waals surface area contributed by atoms with Crippen molar-refractivity contribution in [2.45, 2.75) is 38.5 Å². The monoisotopic (exact) mass is 391 g/mol. The molecule has 1 atom stereocenters. The molecule has 2 aliphatic heterocycles. The van der Waals surface area contributed by atoms with Crippen LogP contribution in [0.3, 0.4) is 0 Å². The van der Waals surface area contributed by atoms with Crippen molar-refractivity contribution < 1.29 is 18.0 Å². The summed E-state index contributed by atoms with van der Waals surface area (Å²) in [5.41, 5.74) is 0.225. The predicted octanol–water partition coefficient (Wildman–Crippen LogP) is 3.68. The third kappa shape index (κ3) is 3.25. The molecule has 4 rings (SSSR count). The molecule has 0 unspecified atom stereocenters. The van der Waals surface area contributed by atoms with Gasteiger partial charge in [-0.05, 0) is 32.4 Å². The maximum Gasteiger partial charge on any atom is 0.416 e. The van der Waals surface area contributed by atoms with E-state index < -0.39 is 11.7 Å². The Hall–Kier alpha value is -2.84. The number of anilines is 2. The average molecular weight is 391 g/mol. The Kier molecular flexibility index (Phi) is 4.40. The highest BCUT2D eigenvalue weighted by molar-refractivity contribution is 5.97. The Morgan fingerprint density at radius 1 is 1.32 bits per heavy atom. The number of aromatic nitrogens is 2. The molecule has 1 aromatic carbocycles. The van der Waals surface area contributed by atoms with Gasteiger partial charge < -0.3 is 10.2 Å². The van der Waals surface area contributed by atoms with Crippen LogP contribution in [0, 0.1) is 0 Å². The van der Waals surface area contributed by atoms with E-state index in [-0.39, 0.29) is 29.5 Å². The van der Waals surface area contributed by atoms with E-state index in [0.717, 1.165) is 30.8 Å². The SMILES string of the molecule is CC(C)NC(=O)N1c2nc(-c3cccc(C(F)(F)F)c3)ncc2N2CC[C@H]1C2. The molecule has 6 nitrogen and oxygen atoms in total. The first-order valence-electron chi connectivity index (χ1n) is 9.13. The van der Waals surface area contributed by atoms with E-state index in [2.05, 4.69) is 20.2 Å². The summed E-state index contributed by atoms with van der Waals surface area (Å²) in [4.78, 5) is 25.3. The first kappa shape index (κ1) is 18.5. The van der Waals surface area contributed by atoms with Gasteiger partial charge in [0.05, 0.1) is 23.5 Å². The molecule has 1 N–H and O–H groups in total. The number of nitrogens with one attached hydrogen (secondary N) is 1. The first-order chi connectivity index (χ1) is 13.2. The number of nitrogens with zero attached hydrogens (tertiary/aromatic N) is 4. The molecule has 1 aromatic heterocycles. The number of carbonyl (C=O) groups excluding carboxylic acids is 1. The van der Waals surface area contributed by atoms with E-state index in [4.69, 9.17) is 0 Å². The quantitative estimate of drug-likeness (QED) is 0.849. The molecule has 3 heterocycles. The first-order valence-corrected chi connectivity index (χ1v) is 9.13. The Bertz CT molecular complexity index is 915. The van der Waals surface area contributed by atoms with Crippen molar-refractivity contribution in [2.75, 3.05) is 22.9 Å². The van der Waals surface area contributed by atoms with Gasteiger partial charge >= 0.3 is 12.2 Å². The molecule has 0 radical (unpaired) electrons. The number of fused-ring (bicyclic) bond motifs is 4. The summed E-state index contributed by atoms with van der Waals surface area (Å²) in [6.45, 7) is 5.23. The van der Waals surface area contributed by atoms with Crippen LogP contribution in [-0.4, -0.2) is 41.2 Å². The molecule has 2 bridgehead atoms. The largest absolute Gasteiger partial charge is 0.416 e. The third-order valence-corrected chi connectivity index (χ3v) is 4.93. The topological polar surface area (TPSA) is 61.4 Å². The van der Waals surface area contributed by atoms with Crippen molar-refractivity contribution in [3.8, 4) is 11.4 Å². The zero-order valence-corrected chi connectivity index (χ0v) is 15.5. The number of rotatable bonds is 2. The Morgan fingerprint density at radius 3 is 2.82 bits per heavy atom. The normalized spacial score (nSPS) is 18.4. The number of amides is 2. The van der Waals surface area contributed by atoms with Gasteiger partial charge in [0.25, 0.3) is 0 Å². The van der Waals surface area contributed by atoms with Gasteiger partial charge in [-0.1, -0.05) is 12.1 Å². The molecule has 2 amide bonds. The molecule has 2 aromatic rings. The summed E-state index contributed by atoms with van der Waals surface area (Å²) in [6.07, 6.45) is -2.05. The minimum Gasteiger partial charge on any atom is -0.365 e. The second-order valence-electron chi connectivity index (χ2n) is 7.34. The summed E-state index contributed by atoms with van der Waals surface area (Å²) in [5, 5.41) is 2.88. The van der Waals surface area contributed by atoms with Crippen LogP contribution in [0.2, 0.25) is 0 Å². The molecular weight excluding hydrogens is 371 g/mol. The molecular formula is C19H20F3N5O. The van der Waals surface area contributed by atoms with E-state index in [0.29, 0.717) is 12.4 Å². The fraction of sp³-hybridized carbons (Fsp3) is 0.421. The van der Waals surface area contributed by atoms with Crippen molar-refractivity contribution in [1.29, 1.82) is 0 Å². The van der Waals surface area contributed by atoms with E-state index in [9.17, 15) is 18.0 Å². The lowest BCUT2D eigenvalue weighted by atomic mass is 10.1. The number of carbonyl (C=O) groups is 1. The Labute approximate surface area is 160 Å². The second-order valence-corrected chi connectivity index (χ2v) is 7.34. The highest BCUT2D eigenvalue weighted by Crippen LogP contribution is 2.39. The van der Waals surface area contributed by atoms with E-state index in [1.807, 2.05) is 13.8 Å². The second kappa shape index (κ2) is 6.65. The lowest BCUT2D eigenvalue weighted by Crippen LogP contribution is -2.52. The molecule has 1 saturated heterocycles. The Balaban J connectivity index is 1.77. The molecule has 148 valence electrons. The molecule has 0 spiro atoms. The molecule has 28 heavy (non-hydrogen) atoms. The minimum absolute atomic E-state index is 0.0180. The van der Waals surface area contributed by atoms with Crippen LogP contribution in [0.25, 0.3) is 11.4 Å². The van der Waals surface area contributed by atoms with E-state index in [1.165, 1.54) is 12.1 Å². The molecule has 2 aliphatic rings. The predicted molar refractivity (Wildman–Crippen MR) is 99.2 cm³/mol. The summed E-state index contributed by atoms with van der Waals surface area (Å²) in [5.74, 6) is 0.601. The lowest BCUT2D eigenvalue weighted by Gasteiger charge is -2.36. The van der Waals surface area contributed by atoms with Gasteiger partial charge in [-0.2, -0.15) is 13.2 Å². The zero-order chi connectivity index (χ0) is 20.1. The number of urea groups is 1. The van der Waals surface area contributed by atoms with E-state index in [1.54, 1.807) is 11.1 Å². The van der Waals surface area contributed by atoms with Crippen LogP contribution in [0.5, 0.6) is 0 Å². The average Bonchev–Trinajstić information content (AvgIpc) is 3.04. The minimum atomic E-state index is -4.45. The van der Waals surface area contributed by atoms with Crippen LogP contribution >= 0.6 is 0 Å². The number of benzene rings is 1. The number of halogens is 3. The summed E-state index contributed by atoms with van der Waals surface area (Å²) in [7, 11) is 0. The summed E-state index contributed by atoms with van der Waals surface area (Å²) in [6, 6.07) is 4.59. The van der Waals surface area contributed by atoms with Crippen LogP contribution < -0.4 is 15.1 Å². The van der Waals surface area contributed by atoms with Gasteiger partial charge in [-0.15, -0.1) is 0 Å². The van der Waals surface area contributed by atoms with Gasteiger partial charge in [-0.25, -0.2) is 14.8 Å². The van der Waals surface area contributed by atoms with E-state index >= 15 is 0 Å². The molecule has 1 fully saturated rings. The van der Waals surface area contributed by atoms with Crippen LogP contribution in [0.1, 0.15) is 25.8 Å². The molecule has 9 heteroatoms. The number of hydrogen-bond acceptors (Lipinski definition) is 4. The van der Waals surface area contributed by atoms with Crippen molar-refractivity contribution in [3.05, 3.63) is 36.0 Å². The van der Waals surface area contributed by atoms with Crippen LogP contribution in [0.4, 0.5) is 29.5 Å². The highest BCUT2D eigenvalue weighted by atomic mass is 19.4. The van der Waals surface area contributed by atoms with Crippen LogP contribution in [-0.2, 0) is 6.18 Å². The van der Waals surface area contributed by atoms with Crippen LogP contribution in [0.15, 0.2) is 30.5 Å². The van der Waals surface area contributed by atoms with Gasteiger partial charge in [0.1, 0.15) is 0 Å². The third-order valence-electron chi connectivity index (χ3n) is 4.93. The summed E-state index contributed by atoms with van der Waals surface area (Å²) >= 11 is 0. The smallest absolute Gasteiger partial charge is 0.365 e. The Morgan fingerprint density at radius 2 is 2.11 bits per heavy atom. The highest BCUT2D eigenvalue weighted by Gasteiger charge is 2.40. The maximum atomic E-state index is 13.0. The van der Waals surface area contributed by atoms with Gasteiger partial charge in [0.15, 0.2) is 11.6 Å². The number of alkyl halides is 3. The van der Waals surface area contributed by atoms with Crippen molar-refractivity contribution in [1.82, 2.24) is 15.3 Å². The van der Waals surface area contributed by atoms with Crippen molar-refractivity contribution >= 4 is 17.5 Å².